The number of hydrogen-bond acceptors (Lipinski definition) is 4. The fourth-order valence-electron chi connectivity index (χ4n) is 3.52. The van der Waals surface area contributed by atoms with Crippen molar-refractivity contribution in [1.82, 2.24) is 14.9 Å². The molecule has 0 saturated heterocycles. The number of nitrogens with zero attached hydrogens (tertiary/aromatic N) is 2. The van der Waals surface area contributed by atoms with Gasteiger partial charge >= 0.3 is 0 Å². The molecule has 32 heavy (non-hydrogen) atoms. The van der Waals surface area contributed by atoms with Crippen molar-refractivity contribution in [3.63, 3.8) is 0 Å². The molecular weight excluding hydrogens is 418 g/mol. The molecule has 1 heterocycles. The van der Waals surface area contributed by atoms with E-state index in [0.29, 0.717) is 29.1 Å². The highest BCUT2D eigenvalue weighted by Gasteiger charge is 2.13. The van der Waals surface area contributed by atoms with Crippen LogP contribution in [-0.4, -0.2) is 21.2 Å². The van der Waals surface area contributed by atoms with Crippen LogP contribution in [0.1, 0.15) is 17.5 Å². The zero-order valence-electron chi connectivity index (χ0n) is 17.7. The van der Waals surface area contributed by atoms with Gasteiger partial charge in [-0.2, -0.15) is 0 Å². The molecule has 0 aliphatic heterocycles. The second kappa shape index (κ2) is 10.8. The van der Waals surface area contributed by atoms with Gasteiger partial charge in [-0.25, -0.2) is 4.98 Å². The Hall–Kier alpha value is -3.38. The minimum Gasteiger partial charge on any atom is -0.351 e. The van der Waals surface area contributed by atoms with Crippen molar-refractivity contribution in [3.8, 4) is 0 Å². The highest BCUT2D eigenvalue weighted by molar-refractivity contribution is 7.99. The van der Waals surface area contributed by atoms with E-state index in [1.165, 1.54) is 17.3 Å². The van der Waals surface area contributed by atoms with Gasteiger partial charge in [-0.05, 0) is 36.1 Å². The van der Waals surface area contributed by atoms with Crippen LogP contribution in [0.2, 0.25) is 0 Å². The molecule has 0 radical (unpaired) electrons. The minimum absolute atomic E-state index is 0.0594. The number of hydrogen-bond donors (Lipinski definition) is 1. The largest absolute Gasteiger partial charge is 0.351 e. The molecule has 6 heteroatoms. The average molecular weight is 444 g/mol. The summed E-state index contributed by atoms with van der Waals surface area (Å²) in [7, 11) is 0. The predicted octanol–water partition coefficient (Wildman–Crippen LogP) is 4.44. The monoisotopic (exact) mass is 443 g/mol. The molecule has 0 aliphatic carbocycles. The molecular formula is C26H25N3O2S. The van der Waals surface area contributed by atoms with Crippen LogP contribution in [0, 0.1) is 0 Å². The Morgan fingerprint density at radius 3 is 2.28 bits per heavy atom. The van der Waals surface area contributed by atoms with Gasteiger partial charge in [0.1, 0.15) is 0 Å². The van der Waals surface area contributed by atoms with Crippen LogP contribution in [-0.2, 0) is 24.3 Å². The number of carbonyl (C=O) groups excluding carboxylic acids is 1. The zero-order valence-corrected chi connectivity index (χ0v) is 18.6. The van der Waals surface area contributed by atoms with E-state index >= 15 is 0 Å². The molecule has 0 bridgehead atoms. The molecule has 0 atom stereocenters. The highest BCUT2D eigenvalue weighted by Crippen LogP contribution is 2.18. The van der Waals surface area contributed by atoms with E-state index < -0.39 is 0 Å². The number of aryl methyl sites for hydroxylation is 1. The quantitative estimate of drug-likeness (QED) is 0.307. The lowest BCUT2D eigenvalue weighted by Crippen LogP contribution is -2.27. The topological polar surface area (TPSA) is 64.0 Å². The molecule has 0 unspecified atom stereocenters. The smallest absolute Gasteiger partial charge is 0.262 e. The van der Waals surface area contributed by atoms with Crippen LogP contribution in [0.25, 0.3) is 10.9 Å². The predicted molar refractivity (Wildman–Crippen MR) is 130 cm³/mol. The summed E-state index contributed by atoms with van der Waals surface area (Å²) in [6.45, 7) is 1.04. The molecule has 0 aliphatic rings. The van der Waals surface area contributed by atoms with Crippen molar-refractivity contribution in [2.45, 2.75) is 31.1 Å². The Labute approximate surface area is 191 Å². The van der Waals surface area contributed by atoms with Gasteiger partial charge in [-0.3, -0.25) is 14.2 Å². The lowest BCUT2D eigenvalue weighted by atomic mass is 10.1. The molecule has 162 valence electrons. The van der Waals surface area contributed by atoms with Gasteiger partial charge in [0, 0.05) is 13.1 Å². The highest BCUT2D eigenvalue weighted by atomic mass is 32.2. The molecule has 1 aromatic heterocycles. The van der Waals surface area contributed by atoms with Crippen molar-refractivity contribution in [3.05, 3.63) is 106 Å². The Kier molecular flexibility index (Phi) is 7.35. The van der Waals surface area contributed by atoms with Crippen molar-refractivity contribution in [2.75, 3.05) is 5.75 Å². The van der Waals surface area contributed by atoms with Gasteiger partial charge < -0.3 is 5.32 Å². The van der Waals surface area contributed by atoms with Gasteiger partial charge in [0.2, 0.25) is 5.91 Å². The van der Waals surface area contributed by atoms with Gasteiger partial charge in [-0.1, -0.05) is 84.6 Å². The maximum atomic E-state index is 13.2. The Bertz CT molecular complexity index is 1240. The Morgan fingerprint density at radius 2 is 1.53 bits per heavy atom. The summed E-state index contributed by atoms with van der Waals surface area (Å²) in [6, 6.07) is 27.4. The third-order valence-corrected chi connectivity index (χ3v) is 6.16. The third-order valence-electron chi connectivity index (χ3n) is 5.18. The maximum absolute atomic E-state index is 13.2. The molecule has 0 saturated carbocycles. The lowest BCUT2D eigenvalue weighted by molar-refractivity contribution is -0.118. The summed E-state index contributed by atoms with van der Waals surface area (Å²) in [4.78, 5) is 30.3. The number of thioether (sulfide) groups is 1. The fourth-order valence-corrected chi connectivity index (χ4v) is 4.37. The number of para-hydroxylation sites is 1. The molecule has 4 aromatic rings. The lowest BCUT2D eigenvalue weighted by Gasteiger charge is -2.13. The van der Waals surface area contributed by atoms with Gasteiger partial charge in [0.05, 0.1) is 16.7 Å². The van der Waals surface area contributed by atoms with E-state index in [0.717, 1.165) is 18.4 Å². The van der Waals surface area contributed by atoms with E-state index in [-0.39, 0.29) is 17.2 Å². The molecule has 0 spiro atoms. The summed E-state index contributed by atoms with van der Waals surface area (Å²) >= 11 is 1.31. The van der Waals surface area contributed by atoms with Crippen molar-refractivity contribution in [2.24, 2.45) is 0 Å². The summed E-state index contributed by atoms with van der Waals surface area (Å²) in [6.07, 6.45) is 1.69. The number of benzene rings is 3. The van der Waals surface area contributed by atoms with Gasteiger partial charge in [-0.15, -0.1) is 0 Å². The summed E-state index contributed by atoms with van der Waals surface area (Å²) in [5.41, 5.74) is 2.89. The first-order valence-electron chi connectivity index (χ1n) is 10.7. The minimum atomic E-state index is -0.0860. The SMILES string of the molecule is O=C(CSc1nc2ccccc2c(=O)n1CCCc1ccccc1)NCc1ccccc1. The summed E-state index contributed by atoms with van der Waals surface area (Å²) in [5.74, 6) is 0.119. The van der Waals surface area contributed by atoms with Crippen LogP contribution in [0.3, 0.4) is 0 Å². The molecule has 3 aromatic carbocycles. The van der Waals surface area contributed by atoms with Crippen LogP contribution < -0.4 is 10.9 Å². The molecule has 1 N–H and O–H groups in total. The number of aromatic nitrogens is 2. The van der Waals surface area contributed by atoms with E-state index in [1.807, 2.05) is 66.7 Å². The van der Waals surface area contributed by atoms with Gasteiger partial charge in [0.25, 0.3) is 5.56 Å². The summed E-state index contributed by atoms with van der Waals surface area (Å²) < 4.78 is 1.71. The van der Waals surface area contributed by atoms with Crippen LogP contribution in [0.15, 0.2) is 94.9 Å². The first kappa shape index (κ1) is 21.8. The zero-order chi connectivity index (χ0) is 22.2. The number of amides is 1. The molecule has 5 nitrogen and oxygen atoms in total. The van der Waals surface area contributed by atoms with E-state index in [9.17, 15) is 9.59 Å². The molecule has 4 rings (SSSR count). The third kappa shape index (κ3) is 5.65. The van der Waals surface area contributed by atoms with Gasteiger partial charge in [0.15, 0.2) is 5.16 Å². The summed E-state index contributed by atoms with van der Waals surface area (Å²) in [5, 5.41) is 4.11. The second-order valence-electron chi connectivity index (χ2n) is 7.51. The first-order chi connectivity index (χ1) is 15.7. The van der Waals surface area contributed by atoms with Crippen molar-refractivity contribution >= 4 is 28.6 Å². The molecule has 1 amide bonds. The van der Waals surface area contributed by atoms with Crippen molar-refractivity contribution in [1.29, 1.82) is 0 Å². The van der Waals surface area contributed by atoms with Crippen LogP contribution in [0.4, 0.5) is 0 Å². The number of nitrogens with one attached hydrogen (secondary N) is 1. The maximum Gasteiger partial charge on any atom is 0.262 e. The van der Waals surface area contributed by atoms with E-state index in [2.05, 4.69) is 17.4 Å². The van der Waals surface area contributed by atoms with E-state index in [1.54, 1.807) is 10.6 Å². The number of fused-ring (bicyclic) bond motifs is 1. The second-order valence-corrected chi connectivity index (χ2v) is 8.45. The number of carbonyl (C=O) groups is 1. The van der Waals surface area contributed by atoms with Crippen molar-refractivity contribution < 1.29 is 4.79 Å². The first-order valence-corrected chi connectivity index (χ1v) is 11.7. The molecule has 0 fully saturated rings. The average Bonchev–Trinajstić information content (AvgIpc) is 2.84. The standard InChI is InChI=1S/C26H25N3O2S/c30-24(27-18-21-12-5-2-6-13-21)19-32-26-28-23-16-8-7-15-22(23)25(31)29(26)17-9-14-20-10-3-1-4-11-20/h1-8,10-13,15-16H,9,14,17-19H2,(H,27,30). The van der Waals surface area contributed by atoms with Crippen LogP contribution >= 0.6 is 11.8 Å². The Balaban J connectivity index is 1.46. The van der Waals surface area contributed by atoms with Crippen LogP contribution in [0.5, 0.6) is 0 Å². The normalized spacial score (nSPS) is 10.9. The van der Waals surface area contributed by atoms with E-state index in [4.69, 9.17) is 4.98 Å². The number of rotatable bonds is 9. The fraction of sp³-hybridized carbons (Fsp3) is 0.192. The Morgan fingerprint density at radius 1 is 0.875 bits per heavy atom.